The van der Waals surface area contributed by atoms with Gasteiger partial charge in [-0.25, -0.2) is 0 Å². The van der Waals surface area contributed by atoms with Crippen LogP contribution in [0.15, 0.2) is 30.3 Å². The van der Waals surface area contributed by atoms with Gasteiger partial charge in [-0.3, -0.25) is 4.57 Å². The van der Waals surface area contributed by atoms with E-state index < -0.39 is 0 Å². The zero-order valence-corrected chi connectivity index (χ0v) is 11.5. The number of hydrogen-bond acceptors (Lipinski definition) is 4. The molecule has 0 aliphatic rings. The largest absolute Gasteiger partial charge is 0.355 e. The molecular weight excluding hydrogens is 238 g/mol. The fraction of sp³-hybridized carbons (Fsp3) is 0.429. The number of aromatic nitrogens is 3. The Bertz CT molecular complexity index is 506. The highest BCUT2D eigenvalue weighted by atomic mass is 15.3. The van der Waals surface area contributed by atoms with Crippen molar-refractivity contribution in [3.63, 3.8) is 0 Å². The molecule has 0 aliphatic carbocycles. The summed E-state index contributed by atoms with van der Waals surface area (Å²) >= 11 is 0. The lowest BCUT2D eigenvalue weighted by atomic mass is 10.0. The Labute approximate surface area is 113 Å². The molecule has 1 aromatic heterocycles. The minimum Gasteiger partial charge on any atom is -0.355 e. The summed E-state index contributed by atoms with van der Waals surface area (Å²) in [6.45, 7) is 5.81. The van der Waals surface area contributed by atoms with Crippen molar-refractivity contribution in [2.24, 2.45) is 5.73 Å². The first-order valence-electron chi connectivity index (χ1n) is 6.72. The van der Waals surface area contributed by atoms with Crippen molar-refractivity contribution in [2.45, 2.75) is 32.9 Å². The number of benzene rings is 1. The van der Waals surface area contributed by atoms with E-state index in [1.165, 1.54) is 0 Å². The van der Waals surface area contributed by atoms with Crippen LogP contribution in [-0.2, 0) is 13.0 Å². The fourth-order valence-corrected chi connectivity index (χ4v) is 2.12. The van der Waals surface area contributed by atoms with Crippen molar-refractivity contribution >= 4 is 5.95 Å². The smallest absolute Gasteiger partial charge is 0.224 e. The van der Waals surface area contributed by atoms with Gasteiger partial charge in [-0.05, 0) is 19.4 Å². The first kappa shape index (κ1) is 13.5. The molecule has 2 rings (SSSR count). The van der Waals surface area contributed by atoms with Crippen molar-refractivity contribution < 1.29 is 0 Å². The first-order chi connectivity index (χ1) is 9.26. The average Bonchev–Trinajstić information content (AvgIpc) is 2.82. The van der Waals surface area contributed by atoms with E-state index in [9.17, 15) is 0 Å². The molecule has 0 saturated carbocycles. The maximum atomic E-state index is 6.23. The molecule has 0 bridgehead atoms. The highest BCUT2D eigenvalue weighted by Crippen LogP contribution is 2.16. The van der Waals surface area contributed by atoms with Gasteiger partial charge in [0.1, 0.15) is 5.82 Å². The monoisotopic (exact) mass is 259 g/mol. The molecule has 102 valence electrons. The summed E-state index contributed by atoms with van der Waals surface area (Å²) in [5.41, 5.74) is 7.36. The molecule has 3 N–H and O–H groups in total. The van der Waals surface area contributed by atoms with Crippen LogP contribution in [0.4, 0.5) is 5.95 Å². The summed E-state index contributed by atoms with van der Waals surface area (Å²) in [6, 6.07) is 10.0. The molecule has 0 saturated heterocycles. The molecule has 1 heterocycles. The molecule has 0 amide bonds. The van der Waals surface area contributed by atoms with Crippen LogP contribution >= 0.6 is 0 Å². The number of nitrogens with zero attached hydrogens (tertiary/aromatic N) is 3. The fourth-order valence-electron chi connectivity index (χ4n) is 2.12. The predicted octanol–water partition coefficient (Wildman–Crippen LogP) is 1.97. The second-order valence-electron chi connectivity index (χ2n) is 4.44. The number of nitrogens with two attached hydrogens (primary N) is 1. The van der Waals surface area contributed by atoms with Crippen LogP contribution in [-0.4, -0.2) is 21.3 Å². The van der Waals surface area contributed by atoms with E-state index in [4.69, 9.17) is 5.73 Å². The van der Waals surface area contributed by atoms with Crippen LogP contribution in [0.25, 0.3) is 0 Å². The average molecular weight is 259 g/mol. The molecule has 0 fully saturated rings. The summed E-state index contributed by atoms with van der Waals surface area (Å²) in [5.74, 6) is 1.75. The van der Waals surface area contributed by atoms with Crippen LogP contribution in [0.5, 0.6) is 0 Å². The minimum atomic E-state index is -0.0508. The highest BCUT2D eigenvalue weighted by molar-refractivity contribution is 5.26. The third kappa shape index (κ3) is 3.12. The molecule has 0 spiro atoms. The maximum Gasteiger partial charge on any atom is 0.224 e. The number of nitrogens with one attached hydrogen (secondary N) is 1. The molecule has 1 unspecified atom stereocenters. The first-order valence-corrected chi connectivity index (χ1v) is 6.72. The van der Waals surface area contributed by atoms with Gasteiger partial charge in [-0.2, -0.15) is 0 Å². The Hall–Kier alpha value is -1.88. The summed E-state index contributed by atoms with van der Waals surface area (Å²) < 4.78 is 2.08. The minimum absolute atomic E-state index is 0.0508. The van der Waals surface area contributed by atoms with Crippen LogP contribution < -0.4 is 11.1 Å². The van der Waals surface area contributed by atoms with Gasteiger partial charge in [0.15, 0.2) is 0 Å². The summed E-state index contributed by atoms with van der Waals surface area (Å²) in [4.78, 5) is 0. The van der Waals surface area contributed by atoms with E-state index in [-0.39, 0.29) is 6.04 Å². The van der Waals surface area contributed by atoms with E-state index >= 15 is 0 Å². The molecule has 0 radical (unpaired) electrons. The standard InChI is InChI=1S/C14H21N5/c1-3-16-14-18-17-13(19(14)4-2)10-12(15)11-8-6-5-7-9-11/h5-9,12H,3-4,10,15H2,1-2H3,(H,16,18). The Morgan fingerprint density at radius 2 is 1.95 bits per heavy atom. The Morgan fingerprint density at radius 3 is 2.58 bits per heavy atom. The van der Waals surface area contributed by atoms with Crippen LogP contribution in [0, 0.1) is 0 Å². The van der Waals surface area contributed by atoms with E-state index in [2.05, 4.69) is 27.0 Å². The molecule has 5 heteroatoms. The van der Waals surface area contributed by atoms with E-state index in [1.807, 2.05) is 37.3 Å². The van der Waals surface area contributed by atoms with Crippen molar-refractivity contribution in [1.82, 2.24) is 14.8 Å². The van der Waals surface area contributed by atoms with Gasteiger partial charge in [-0.15, -0.1) is 10.2 Å². The second kappa shape index (κ2) is 6.33. The van der Waals surface area contributed by atoms with Gasteiger partial charge < -0.3 is 11.1 Å². The molecule has 5 nitrogen and oxygen atoms in total. The van der Waals surface area contributed by atoms with Crippen LogP contribution in [0.1, 0.15) is 31.3 Å². The lowest BCUT2D eigenvalue weighted by molar-refractivity contribution is 0.630. The highest BCUT2D eigenvalue weighted by Gasteiger charge is 2.14. The van der Waals surface area contributed by atoms with Crippen molar-refractivity contribution in [1.29, 1.82) is 0 Å². The van der Waals surface area contributed by atoms with Crippen LogP contribution in [0.3, 0.4) is 0 Å². The zero-order valence-electron chi connectivity index (χ0n) is 11.5. The van der Waals surface area contributed by atoms with E-state index in [1.54, 1.807) is 0 Å². The lowest BCUT2D eigenvalue weighted by Gasteiger charge is -2.13. The van der Waals surface area contributed by atoms with Gasteiger partial charge in [0.25, 0.3) is 0 Å². The molecule has 1 atom stereocenters. The van der Waals surface area contributed by atoms with Gasteiger partial charge >= 0.3 is 0 Å². The SMILES string of the molecule is CCNc1nnc(CC(N)c2ccccc2)n1CC. The third-order valence-corrected chi connectivity index (χ3v) is 3.11. The summed E-state index contributed by atoms with van der Waals surface area (Å²) in [7, 11) is 0. The predicted molar refractivity (Wildman–Crippen MR) is 76.9 cm³/mol. The number of hydrogen-bond donors (Lipinski definition) is 2. The molecule has 1 aromatic carbocycles. The van der Waals surface area contributed by atoms with Crippen molar-refractivity contribution in [3.05, 3.63) is 41.7 Å². The third-order valence-electron chi connectivity index (χ3n) is 3.11. The lowest BCUT2D eigenvalue weighted by Crippen LogP contribution is -2.17. The van der Waals surface area contributed by atoms with Gasteiger partial charge in [0, 0.05) is 25.6 Å². The molecule has 0 aliphatic heterocycles. The zero-order chi connectivity index (χ0) is 13.7. The normalized spacial score (nSPS) is 12.4. The van der Waals surface area contributed by atoms with E-state index in [0.29, 0.717) is 6.42 Å². The Kier molecular flexibility index (Phi) is 4.52. The maximum absolute atomic E-state index is 6.23. The topological polar surface area (TPSA) is 68.8 Å². The van der Waals surface area contributed by atoms with E-state index in [0.717, 1.165) is 30.4 Å². The van der Waals surface area contributed by atoms with Gasteiger partial charge in [0.2, 0.25) is 5.95 Å². The quantitative estimate of drug-likeness (QED) is 0.832. The number of rotatable bonds is 6. The summed E-state index contributed by atoms with van der Waals surface area (Å²) in [5, 5.41) is 11.6. The van der Waals surface area contributed by atoms with Crippen LogP contribution in [0.2, 0.25) is 0 Å². The van der Waals surface area contributed by atoms with Gasteiger partial charge in [0.05, 0.1) is 0 Å². The molecule has 2 aromatic rings. The second-order valence-corrected chi connectivity index (χ2v) is 4.44. The number of anilines is 1. The van der Waals surface area contributed by atoms with Crippen molar-refractivity contribution in [2.75, 3.05) is 11.9 Å². The molecule has 19 heavy (non-hydrogen) atoms. The summed E-state index contributed by atoms with van der Waals surface area (Å²) in [6.07, 6.45) is 0.691. The Morgan fingerprint density at radius 1 is 1.21 bits per heavy atom. The van der Waals surface area contributed by atoms with Crippen molar-refractivity contribution in [3.8, 4) is 0 Å². The van der Waals surface area contributed by atoms with Gasteiger partial charge in [-0.1, -0.05) is 30.3 Å². The molecular formula is C14H21N5. The Balaban J connectivity index is 2.15.